The fraction of sp³-hybridized carbons (Fsp3) is 0.188. The normalized spacial score (nSPS) is 13.1. The van der Waals surface area contributed by atoms with Crippen LogP contribution in [0, 0.1) is 12.7 Å². The molecule has 0 atom stereocenters. The number of benzene rings is 1. The Morgan fingerprint density at radius 3 is 2.82 bits per heavy atom. The molecule has 3 rings (SSSR count). The van der Waals surface area contributed by atoms with Gasteiger partial charge in [0.2, 0.25) is 5.62 Å². The van der Waals surface area contributed by atoms with Gasteiger partial charge in [-0.2, -0.15) is 0 Å². The molecule has 0 saturated carbocycles. The average molecular weight is 297 g/mol. The van der Waals surface area contributed by atoms with Crippen molar-refractivity contribution in [2.75, 3.05) is 0 Å². The SMILES string of the molecule is C/C(=N\N=c1/[nH]c2cc(F)ccc2n1C)c1ccc(C)cn1. The number of pyridine rings is 1. The zero-order valence-electron chi connectivity index (χ0n) is 12.6. The highest BCUT2D eigenvalue weighted by Crippen LogP contribution is 2.10. The van der Waals surface area contributed by atoms with E-state index < -0.39 is 0 Å². The Morgan fingerprint density at radius 2 is 2.09 bits per heavy atom. The second-order valence-corrected chi connectivity index (χ2v) is 5.18. The van der Waals surface area contributed by atoms with Gasteiger partial charge in [0.05, 0.1) is 22.4 Å². The number of rotatable bonds is 2. The molecule has 0 aliphatic heterocycles. The Bertz CT molecular complexity index is 916. The third-order valence-corrected chi connectivity index (χ3v) is 3.46. The van der Waals surface area contributed by atoms with E-state index in [1.807, 2.05) is 37.6 Å². The van der Waals surface area contributed by atoms with E-state index in [2.05, 4.69) is 20.2 Å². The summed E-state index contributed by atoms with van der Waals surface area (Å²) in [5, 5.41) is 8.41. The van der Waals surface area contributed by atoms with Crippen LogP contribution in [0.1, 0.15) is 18.2 Å². The Labute approximate surface area is 126 Å². The molecule has 22 heavy (non-hydrogen) atoms. The summed E-state index contributed by atoms with van der Waals surface area (Å²) in [7, 11) is 1.85. The summed E-state index contributed by atoms with van der Waals surface area (Å²) < 4.78 is 15.1. The van der Waals surface area contributed by atoms with Crippen LogP contribution in [-0.2, 0) is 7.05 Å². The predicted molar refractivity (Wildman–Crippen MR) is 84.0 cm³/mol. The third kappa shape index (κ3) is 2.67. The minimum Gasteiger partial charge on any atom is -0.322 e. The highest BCUT2D eigenvalue weighted by atomic mass is 19.1. The fourth-order valence-electron chi connectivity index (χ4n) is 2.17. The molecule has 0 aliphatic carbocycles. The van der Waals surface area contributed by atoms with Crippen molar-refractivity contribution in [3.8, 4) is 0 Å². The van der Waals surface area contributed by atoms with Crippen LogP contribution in [0.4, 0.5) is 4.39 Å². The zero-order valence-corrected chi connectivity index (χ0v) is 12.6. The quantitative estimate of drug-likeness (QED) is 0.574. The number of fused-ring (bicyclic) bond motifs is 1. The highest BCUT2D eigenvalue weighted by Gasteiger charge is 2.03. The van der Waals surface area contributed by atoms with Crippen LogP contribution < -0.4 is 5.62 Å². The first kappa shape index (κ1) is 14.2. The van der Waals surface area contributed by atoms with Crippen LogP contribution >= 0.6 is 0 Å². The van der Waals surface area contributed by atoms with E-state index in [0.29, 0.717) is 16.8 Å². The number of aryl methyl sites for hydroxylation is 2. The third-order valence-electron chi connectivity index (χ3n) is 3.46. The van der Waals surface area contributed by atoms with Crippen LogP contribution in [0.2, 0.25) is 0 Å². The van der Waals surface area contributed by atoms with Crippen LogP contribution in [0.5, 0.6) is 0 Å². The maximum Gasteiger partial charge on any atom is 0.227 e. The summed E-state index contributed by atoms with van der Waals surface area (Å²) in [5.74, 6) is -0.288. The van der Waals surface area contributed by atoms with Crippen LogP contribution in [0.15, 0.2) is 46.7 Å². The van der Waals surface area contributed by atoms with Crippen molar-refractivity contribution in [1.82, 2.24) is 14.5 Å². The molecule has 2 aromatic heterocycles. The highest BCUT2D eigenvalue weighted by molar-refractivity contribution is 5.96. The smallest absolute Gasteiger partial charge is 0.227 e. The van der Waals surface area contributed by atoms with Crippen molar-refractivity contribution >= 4 is 16.7 Å². The molecule has 6 heteroatoms. The molecule has 1 N–H and O–H groups in total. The van der Waals surface area contributed by atoms with E-state index in [1.165, 1.54) is 12.1 Å². The van der Waals surface area contributed by atoms with Gasteiger partial charge in [0.25, 0.3) is 0 Å². The molecule has 0 radical (unpaired) electrons. The molecule has 1 aromatic carbocycles. The summed E-state index contributed by atoms with van der Waals surface area (Å²) in [6, 6.07) is 8.45. The Morgan fingerprint density at radius 1 is 1.27 bits per heavy atom. The minimum absolute atomic E-state index is 0.288. The van der Waals surface area contributed by atoms with Gasteiger partial charge >= 0.3 is 0 Å². The lowest BCUT2D eigenvalue weighted by Gasteiger charge is -1.97. The van der Waals surface area contributed by atoms with E-state index in [9.17, 15) is 4.39 Å². The molecular weight excluding hydrogens is 281 g/mol. The van der Waals surface area contributed by atoms with Gasteiger partial charge in [-0.1, -0.05) is 6.07 Å². The first-order chi connectivity index (χ1) is 10.5. The summed E-state index contributed by atoms with van der Waals surface area (Å²) in [6.07, 6.45) is 1.79. The number of aromatic nitrogens is 3. The number of H-pyrrole nitrogens is 1. The molecule has 112 valence electrons. The van der Waals surface area contributed by atoms with Crippen molar-refractivity contribution in [2.24, 2.45) is 17.3 Å². The van der Waals surface area contributed by atoms with E-state index in [-0.39, 0.29) is 5.82 Å². The number of nitrogens with one attached hydrogen (secondary N) is 1. The summed E-state index contributed by atoms with van der Waals surface area (Å²) >= 11 is 0. The second-order valence-electron chi connectivity index (χ2n) is 5.18. The van der Waals surface area contributed by atoms with Gasteiger partial charge in [-0.25, -0.2) is 4.39 Å². The van der Waals surface area contributed by atoms with E-state index in [1.54, 1.807) is 12.3 Å². The van der Waals surface area contributed by atoms with Gasteiger partial charge in [-0.3, -0.25) is 4.98 Å². The zero-order chi connectivity index (χ0) is 15.7. The molecule has 2 heterocycles. The number of hydrogen-bond donors (Lipinski definition) is 1. The van der Waals surface area contributed by atoms with Crippen molar-refractivity contribution in [3.63, 3.8) is 0 Å². The van der Waals surface area contributed by atoms with Crippen LogP contribution in [-0.4, -0.2) is 20.2 Å². The van der Waals surface area contributed by atoms with Crippen molar-refractivity contribution in [2.45, 2.75) is 13.8 Å². The molecule has 0 amide bonds. The summed E-state index contributed by atoms with van der Waals surface area (Å²) in [4.78, 5) is 7.36. The van der Waals surface area contributed by atoms with Gasteiger partial charge in [0.1, 0.15) is 5.82 Å². The first-order valence-corrected chi connectivity index (χ1v) is 6.90. The number of hydrogen-bond acceptors (Lipinski definition) is 3. The lowest BCUT2D eigenvalue weighted by molar-refractivity contribution is 0.629. The van der Waals surface area contributed by atoms with Gasteiger partial charge < -0.3 is 9.55 Å². The molecule has 0 bridgehead atoms. The Hall–Kier alpha value is -2.76. The van der Waals surface area contributed by atoms with Crippen molar-refractivity contribution in [1.29, 1.82) is 0 Å². The Kier molecular flexibility index (Phi) is 3.58. The lowest BCUT2D eigenvalue weighted by Crippen LogP contribution is -2.14. The largest absolute Gasteiger partial charge is 0.322 e. The summed E-state index contributed by atoms with van der Waals surface area (Å²) in [6.45, 7) is 3.83. The molecule has 5 nitrogen and oxygen atoms in total. The number of halogens is 1. The number of aromatic amines is 1. The van der Waals surface area contributed by atoms with E-state index in [4.69, 9.17) is 0 Å². The first-order valence-electron chi connectivity index (χ1n) is 6.90. The van der Waals surface area contributed by atoms with Crippen LogP contribution in [0.3, 0.4) is 0 Å². The van der Waals surface area contributed by atoms with E-state index >= 15 is 0 Å². The Balaban J connectivity index is 2.03. The molecule has 0 saturated heterocycles. The molecule has 0 spiro atoms. The fourth-order valence-corrected chi connectivity index (χ4v) is 2.17. The number of nitrogens with zero attached hydrogens (tertiary/aromatic N) is 4. The van der Waals surface area contributed by atoms with Crippen molar-refractivity contribution < 1.29 is 4.39 Å². The number of imidazole rings is 1. The van der Waals surface area contributed by atoms with Gasteiger partial charge in [0, 0.05) is 13.2 Å². The average Bonchev–Trinajstić information content (AvgIpc) is 2.81. The van der Waals surface area contributed by atoms with Gasteiger partial charge in [-0.15, -0.1) is 10.2 Å². The second kappa shape index (κ2) is 5.55. The molecule has 0 aliphatic rings. The van der Waals surface area contributed by atoms with Gasteiger partial charge in [-0.05, 0) is 43.7 Å². The predicted octanol–water partition coefficient (Wildman–Crippen LogP) is 2.67. The minimum atomic E-state index is -0.288. The molecule has 0 fully saturated rings. The molecular formula is C16H16FN5. The van der Waals surface area contributed by atoms with Crippen LogP contribution in [0.25, 0.3) is 11.0 Å². The summed E-state index contributed by atoms with van der Waals surface area (Å²) in [5.41, 5.74) is 4.68. The lowest BCUT2D eigenvalue weighted by atomic mass is 10.2. The van der Waals surface area contributed by atoms with E-state index in [0.717, 1.165) is 16.8 Å². The van der Waals surface area contributed by atoms with Gasteiger partial charge in [0.15, 0.2) is 0 Å². The monoisotopic (exact) mass is 297 g/mol. The topological polar surface area (TPSA) is 58.3 Å². The standard InChI is InChI=1S/C16H16FN5/c1-10-4-6-13(18-9-10)11(2)20-21-16-19-14-8-12(17)5-7-15(14)22(16)3/h4-9H,1-3H3,(H,19,21)/b20-11+. The molecule has 3 aromatic rings. The molecule has 0 unspecified atom stereocenters. The van der Waals surface area contributed by atoms with Crippen molar-refractivity contribution in [3.05, 3.63) is 59.2 Å². The maximum absolute atomic E-state index is 13.2. The maximum atomic E-state index is 13.2.